The number of amides is 1. The molecular weight excluding hydrogens is 307 g/mol. The van der Waals surface area contributed by atoms with Crippen LogP contribution in [0.4, 0.5) is 4.39 Å². The van der Waals surface area contributed by atoms with Crippen LogP contribution < -0.4 is 10.6 Å². The van der Waals surface area contributed by atoms with E-state index >= 15 is 0 Å². The summed E-state index contributed by atoms with van der Waals surface area (Å²) in [5, 5.41) is 5.77. The predicted molar refractivity (Wildman–Crippen MR) is 82.8 cm³/mol. The molecular formula is C15H21FN2O3S. The van der Waals surface area contributed by atoms with Gasteiger partial charge in [-0.3, -0.25) is 4.79 Å². The molecule has 1 saturated heterocycles. The maximum Gasteiger partial charge on any atom is 0.241 e. The lowest BCUT2D eigenvalue weighted by atomic mass is 9.95. The van der Waals surface area contributed by atoms with Gasteiger partial charge < -0.3 is 10.6 Å². The van der Waals surface area contributed by atoms with Gasteiger partial charge in [0.05, 0.1) is 0 Å². The van der Waals surface area contributed by atoms with E-state index < -0.39 is 20.5 Å². The van der Waals surface area contributed by atoms with Crippen LogP contribution in [0.3, 0.4) is 0 Å². The molecule has 7 heteroatoms. The van der Waals surface area contributed by atoms with Gasteiger partial charge >= 0.3 is 0 Å². The van der Waals surface area contributed by atoms with Crippen molar-refractivity contribution >= 4 is 15.7 Å². The number of hydrogen-bond acceptors (Lipinski definition) is 4. The van der Waals surface area contributed by atoms with Crippen molar-refractivity contribution in [2.24, 2.45) is 0 Å². The number of rotatable bonds is 5. The van der Waals surface area contributed by atoms with Gasteiger partial charge in [-0.05, 0) is 50.0 Å². The van der Waals surface area contributed by atoms with Gasteiger partial charge in [0, 0.05) is 12.8 Å². The summed E-state index contributed by atoms with van der Waals surface area (Å²) in [4.78, 5) is 12.4. The molecule has 1 aliphatic heterocycles. The van der Waals surface area contributed by atoms with Gasteiger partial charge in [-0.1, -0.05) is 12.1 Å². The molecule has 1 heterocycles. The van der Waals surface area contributed by atoms with E-state index in [1.165, 1.54) is 12.1 Å². The molecule has 122 valence electrons. The van der Waals surface area contributed by atoms with Gasteiger partial charge in [0.25, 0.3) is 0 Å². The van der Waals surface area contributed by atoms with E-state index in [0.717, 1.165) is 11.8 Å². The molecule has 5 nitrogen and oxygen atoms in total. The Balaban J connectivity index is 2.00. The Hall–Kier alpha value is -1.47. The monoisotopic (exact) mass is 328 g/mol. The first-order valence-corrected chi connectivity index (χ1v) is 9.17. The molecule has 1 aromatic rings. The Kier molecular flexibility index (Phi) is 5.18. The first-order valence-electron chi connectivity index (χ1n) is 7.28. The maximum absolute atomic E-state index is 13.1. The van der Waals surface area contributed by atoms with Crippen molar-refractivity contribution in [2.45, 2.75) is 24.0 Å². The van der Waals surface area contributed by atoms with Gasteiger partial charge in [0.1, 0.15) is 5.82 Å². The number of carbonyl (C=O) groups excluding carboxylic acids is 1. The van der Waals surface area contributed by atoms with Crippen LogP contribution in [0.25, 0.3) is 0 Å². The van der Waals surface area contributed by atoms with Crippen molar-refractivity contribution in [3.63, 3.8) is 0 Å². The Morgan fingerprint density at radius 3 is 2.64 bits per heavy atom. The van der Waals surface area contributed by atoms with Crippen LogP contribution >= 0.6 is 0 Å². The van der Waals surface area contributed by atoms with Crippen molar-refractivity contribution in [1.82, 2.24) is 10.6 Å². The highest BCUT2D eigenvalue weighted by atomic mass is 32.2. The second-order valence-corrected chi connectivity index (χ2v) is 7.98. The Morgan fingerprint density at radius 1 is 1.36 bits per heavy atom. The van der Waals surface area contributed by atoms with Crippen molar-refractivity contribution < 1.29 is 17.6 Å². The van der Waals surface area contributed by atoms with E-state index in [0.29, 0.717) is 19.5 Å². The lowest BCUT2D eigenvalue weighted by Crippen LogP contribution is -2.57. The van der Waals surface area contributed by atoms with Crippen LogP contribution in [0.2, 0.25) is 0 Å². The first kappa shape index (κ1) is 16.9. The molecule has 2 N–H and O–H groups in total. The van der Waals surface area contributed by atoms with Gasteiger partial charge in [-0.15, -0.1) is 0 Å². The van der Waals surface area contributed by atoms with Crippen molar-refractivity contribution in [3.05, 3.63) is 35.6 Å². The lowest BCUT2D eigenvalue weighted by Gasteiger charge is -2.34. The average Bonchev–Trinajstić information content (AvgIpc) is 2.47. The summed E-state index contributed by atoms with van der Waals surface area (Å²) in [5.74, 6) is -0.775. The number of benzene rings is 1. The second-order valence-electron chi connectivity index (χ2n) is 5.65. The molecule has 0 radical (unpaired) electrons. The number of sulfone groups is 1. The lowest BCUT2D eigenvalue weighted by molar-refractivity contribution is -0.124. The average molecular weight is 328 g/mol. The Bertz CT molecular complexity index is 640. The van der Waals surface area contributed by atoms with Crippen LogP contribution in [-0.4, -0.2) is 45.0 Å². The van der Waals surface area contributed by atoms with E-state index in [9.17, 15) is 17.6 Å². The zero-order valence-corrected chi connectivity index (χ0v) is 13.4. The Labute approximate surface area is 130 Å². The van der Waals surface area contributed by atoms with E-state index in [1.54, 1.807) is 12.1 Å². The highest BCUT2D eigenvalue weighted by molar-refractivity contribution is 7.92. The summed E-state index contributed by atoms with van der Waals surface area (Å²) in [7, 11) is -3.50. The van der Waals surface area contributed by atoms with Crippen LogP contribution in [0.5, 0.6) is 0 Å². The summed E-state index contributed by atoms with van der Waals surface area (Å²) >= 11 is 0. The molecule has 1 amide bonds. The van der Waals surface area contributed by atoms with E-state index in [1.807, 2.05) is 0 Å². The summed E-state index contributed by atoms with van der Waals surface area (Å²) in [5.41, 5.74) is 0.763. The smallest absolute Gasteiger partial charge is 0.241 e. The third kappa shape index (κ3) is 3.64. The minimum Gasteiger partial charge on any atom is -0.354 e. The highest BCUT2D eigenvalue weighted by Gasteiger charge is 2.48. The molecule has 0 bridgehead atoms. The minimum absolute atomic E-state index is 0.275. The third-order valence-electron chi connectivity index (χ3n) is 4.12. The summed E-state index contributed by atoms with van der Waals surface area (Å²) in [6.07, 6.45) is 2.13. The first-order chi connectivity index (χ1) is 10.3. The standard InChI is InChI=1S/C15H21FN2O3S/c1-22(20,21)15(6-9-17-10-7-15)14(19)18-8-5-12-3-2-4-13(16)11-12/h2-4,11,17H,5-10H2,1H3,(H,18,19). The Morgan fingerprint density at radius 2 is 2.05 bits per heavy atom. The fraction of sp³-hybridized carbons (Fsp3) is 0.533. The molecule has 0 saturated carbocycles. The maximum atomic E-state index is 13.1. The van der Waals surface area contributed by atoms with Crippen LogP contribution in [-0.2, 0) is 21.1 Å². The number of piperidine rings is 1. The van der Waals surface area contributed by atoms with Gasteiger partial charge in [0.2, 0.25) is 5.91 Å². The van der Waals surface area contributed by atoms with E-state index in [4.69, 9.17) is 0 Å². The zero-order valence-electron chi connectivity index (χ0n) is 12.6. The van der Waals surface area contributed by atoms with E-state index in [2.05, 4.69) is 10.6 Å². The van der Waals surface area contributed by atoms with Crippen LogP contribution in [0.15, 0.2) is 24.3 Å². The number of halogens is 1. The van der Waals surface area contributed by atoms with Crippen LogP contribution in [0, 0.1) is 5.82 Å². The predicted octanol–water partition coefficient (Wildman–Crippen LogP) is 0.651. The fourth-order valence-electron chi connectivity index (χ4n) is 2.77. The van der Waals surface area contributed by atoms with Gasteiger partial charge in [0.15, 0.2) is 14.6 Å². The van der Waals surface area contributed by atoms with Crippen molar-refractivity contribution in [1.29, 1.82) is 0 Å². The zero-order chi connectivity index (χ0) is 16.2. The highest BCUT2D eigenvalue weighted by Crippen LogP contribution is 2.27. The third-order valence-corrected chi connectivity index (χ3v) is 6.14. The molecule has 1 aliphatic rings. The van der Waals surface area contributed by atoms with Gasteiger partial charge in [-0.2, -0.15) is 0 Å². The second kappa shape index (κ2) is 6.75. The molecule has 0 atom stereocenters. The normalized spacial score (nSPS) is 17.9. The number of carbonyl (C=O) groups is 1. The van der Waals surface area contributed by atoms with Gasteiger partial charge in [-0.25, -0.2) is 12.8 Å². The molecule has 2 rings (SSSR count). The SMILES string of the molecule is CS(=O)(=O)C1(C(=O)NCCc2cccc(F)c2)CCNCC1. The quantitative estimate of drug-likeness (QED) is 0.832. The summed E-state index contributed by atoms with van der Waals surface area (Å²) < 4.78 is 35.9. The van der Waals surface area contributed by atoms with E-state index in [-0.39, 0.29) is 25.2 Å². The molecule has 0 aliphatic carbocycles. The van der Waals surface area contributed by atoms with Crippen LogP contribution in [0.1, 0.15) is 18.4 Å². The number of hydrogen-bond donors (Lipinski definition) is 2. The topological polar surface area (TPSA) is 75.3 Å². The van der Waals surface area contributed by atoms with Crippen molar-refractivity contribution in [2.75, 3.05) is 25.9 Å². The molecule has 0 aromatic heterocycles. The fourth-order valence-corrected chi connectivity index (χ4v) is 4.13. The number of nitrogens with one attached hydrogen (secondary N) is 2. The van der Waals surface area contributed by atoms with Crippen molar-refractivity contribution in [3.8, 4) is 0 Å². The molecule has 0 spiro atoms. The molecule has 1 fully saturated rings. The largest absolute Gasteiger partial charge is 0.354 e. The molecule has 0 unspecified atom stereocenters. The molecule has 22 heavy (non-hydrogen) atoms. The summed E-state index contributed by atoms with van der Waals surface area (Å²) in [6.45, 7) is 1.29. The molecule has 1 aromatic carbocycles. The summed E-state index contributed by atoms with van der Waals surface area (Å²) in [6, 6.07) is 6.14. The minimum atomic E-state index is -3.50.